The molecule has 9 heteroatoms. The summed E-state index contributed by atoms with van der Waals surface area (Å²) in [4.78, 5) is 18.0. The molecule has 0 radical (unpaired) electrons. The Morgan fingerprint density at radius 3 is 2.56 bits per heavy atom. The van der Waals surface area contributed by atoms with Gasteiger partial charge in [-0.2, -0.15) is 0 Å². The number of benzene rings is 1. The molecule has 36 heavy (non-hydrogen) atoms. The van der Waals surface area contributed by atoms with Crippen LogP contribution in [0.2, 0.25) is 0 Å². The molecule has 0 unspecified atom stereocenters. The number of thiophene rings is 1. The van der Waals surface area contributed by atoms with Gasteiger partial charge in [0.25, 0.3) is 5.91 Å². The second-order valence-corrected chi connectivity index (χ2v) is 14.3. The van der Waals surface area contributed by atoms with Gasteiger partial charge >= 0.3 is 0 Å². The normalized spacial score (nSPS) is 17.0. The van der Waals surface area contributed by atoms with Gasteiger partial charge in [0, 0.05) is 47.0 Å². The number of nitrogens with zero attached hydrogens (tertiary/aromatic N) is 1. The summed E-state index contributed by atoms with van der Waals surface area (Å²) in [5, 5.41) is 4.61. The predicted molar refractivity (Wildman–Crippen MR) is 149 cm³/mol. The highest BCUT2D eigenvalue weighted by molar-refractivity contribution is 7.89. The van der Waals surface area contributed by atoms with E-state index in [-0.39, 0.29) is 17.1 Å². The Morgan fingerprint density at radius 1 is 1.25 bits per heavy atom. The maximum Gasteiger partial charge on any atom is 0.250 e. The molecule has 3 aromatic rings. The summed E-state index contributed by atoms with van der Waals surface area (Å²) in [6.45, 7) is 12.4. The highest BCUT2D eigenvalue weighted by Gasteiger charge is 2.29. The van der Waals surface area contributed by atoms with Crippen molar-refractivity contribution in [2.45, 2.75) is 66.0 Å². The molecule has 196 valence electrons. The Bertz CT molecular complexity index is 1340. The summed E-state index contributed by atoms with van der Waals surface area (Å²) in [5.74, 6) is -0.111. The number of rotatable bonds is 8. The van der Waals surface area contributed by atoms with Crippen molar-refractivity contribution in [3.8, 4) is 10.4 Å². The molecule has 4 N–H and O–H groups in total. The quantitative estimate of drug-likeness (QED) is 0.379. The highest BCUT2D eigenvalue weighted by atomic mass is 32.2. The SMILES string of the molecule is CCS(=O)(=O)N1CCC(c2c[nH]c3c(C(N)=O)cc(-c4ccc(CN[C@@H](C)C(C)(C)C)s4)cc23)CC1. The topological polar surface area (TPSA) is 108 Å². The maximum absolute atomic E-state index is 12.4. The van der Waals surface area contributed by atoms with Crippen molar-refractivity contribution >= 4 is 38.2 Å². The average Bonchev–Trinajstić information content (AvgIpc) is 3.48. The lowest BCUT2D eigenvalue weighted by atomic mass is 9.88. The number of aromatic amines is 1. The molecule has 3 heterocycles. The van der Waals surface area contributed by atoms with Gasteiger partial charge in [0.2, 0.25) is 10.0 Å². The number of primary amides is 1. The van der Waals surface area contributed by atoms with Crippen LogP contribution in [0.3, 0.4) is 0 Å². The first-order valence-corrected chi connectivity index (χ1v) is 15.1. The molecule has 1 aliphatic rings. The largest absolute Gasteiger partial charge is 0.366 e. The highest BCUT2D eigenvalue weighted by Crippen LogP contribution is 2.38. The number of carbonyl (C=O) groups excluding carboxylic acids is 1. The summed E-state index contributed by atoms with van der Waals surface area (Å²) < 4.78 is 26.2. The van der Waals surface area contributed by atoms with Crippen LogP contribution in [0.15, 0.2) is 30.5 Å². The summed E-state index contributed by atoms with van der Waals surface area (Å²) in [6.07, 6.45) is 3.47. The fourth-order valence-corrected chi connectivity index (χ4v) is 6.82. The summed E-state index contributed by atoms with van der Waals surface area (Å²) in [7, 11) is -3.17. The third-order valence-electron chi connectivity index (χ3n) is 7.57. The second kappa shape index (κ2) is 10.3. The van der Waals surface area contributed by atoms with Crippen molar-refractivity contribution in [3.63, 3.8) is 0 Å². The van der Waals surface area contributed by atoms with E-state index in [4.69, 9.17) is 5.73 Å². The van der Waals surface area contributed by atoms with Crippen molar-refractivity contribution < 1.29 is 13.2 Å². The number of nitrogens with one attached hydrogen (secondary N) is 2. The average molecular weight is 531 g/mol. The van der Waals surface area contributed by atoms with Crippen LogP contribution >= 0.6 is 11.3 Å². The van der Waals surface area contributed by atoms with Crippen molar-refractivity contribution in [3.05, 3.63) is 46.5 Å². The second-order valence-electron chi connectivity index (χ2n) is 10.9. The van der Waals surface area contributed by atoms with E-state index in [1.54, 1.807) is 22.6 Å². The Labute approximate surface area is 218 Å². The van der Waals surface area contributed by atoms with Crippen LogP contribution in [0.4, 0.5) is 0 Å². The summed E-state index contributed by atoms with van der Waals surface area (Å²) in [5.41, 5.74) is 9.30. The van der Waals surface area contributed by atoms with Gasteiger partial charge in [-0.15, -0.1) is 11.3 Å². The van der Waals surface area contributed by atoms with Crippen molar-refractivity contribution in [2.75, 3.05) is 18.8 Å². The Morgan fingerprint density at radius 2 is 1.94 bits per heavy atom. The van der Waals surface area contributed by atoms with Crippen molar-refractivity contribution in [1.82, 2.24) is 14.6 Å². The smallest absolute Gasteiger partial charge is 0.250 e. The van der Waals surface area contributed by atoms with Crippen LogP contribution in [0.1, 0.15) is 74.2 Å². The Kier molecular flexibility index (Phi) is 7.67. The van der Waals surface area contributed by atoms with Crippen molar-refractivity contribution in [2.24, 2.45) is 11.1 Å². The number of amides is 1. The maximum atomic E-state index is 12.4. The Balaban J connectivity index is 1.62. The van der Waals surface area contributed by atoms with Crippen LogP contribution in [-0.2, 0) is 16.6 Å². The molecule has 1 aromatic carbocycles. The van der Waals surface area contributed by atoms with Crippen LogP contribution in [0.25, 0.3) is 21.3 Å². The molecule has 0 saturated carbocycles. The number of piperidine rings is 1. The molecule has 2 aromatic heterocycles. The number of hydrogen-bond donors (Lipinski definition) is 3. The molecule has 1 amide bonds. The van der Waals surface area contributed by atoms with E-state index in [1.165, 1.54) is 4.88 Å². The van der Waals surface area contributed by atoms with Gasteiger partial charge in [-0.3, -0.25) is 4.79 Å². The Hall–Kier alpha value is -2.20. The molecule has 0 aliphatic carbocycles. The van der Waals surface area contributed by atoms with E-state index in [1.807, 2.05) is 12.3 Å². The lowest BCUT2D eigenvalue weighted by Gasteiger charge is -2.31. The monoisotopic (exact) mass is 530 g/mol. The third-order valence-corrected chi connectivity index (χ3v) is 10.6. The van der Waals surface area contributed by atoms with Gasteiger partial charge in [-0.25, -0.2) is 12.7 Å². The first-order chi connectivity index (χ1) is 16.9. The number of hydrogen-bond acceptors (Lipinski definition) is 5. The molecule has 1 aliphatic heterocycles. The molecule has 1 atom stereocenters. The fraction of sp³-hybridized carbons (Fsp3) is 0.519. The fourth-order valence-electron chi connectivity index (χ4n) is 4.74. The lowest BCUT2D eigenvalue weighted by molar-refractivity contribution is 0.100. The zero-order valence-electron chi connectivity index (χ0n) is 21.8. The van der Waals surface area contributed by atoms with E-state index in [2.05, 4.69) is 56.2 Å². The van der Waals surface area contributed by atoms with E-state index in [0.29, 0.717) is 24.7 Å². The first kappa shape index (κ1) is 26.9. The van der Waals surface area contributed by atoms with E-state index in [0.717, 1.165) is 46.3 Å². The van der Waals surface area contributed by atoms with Crippen LogP contribution in [-0.4, -0.2) is 48.5 Å². The lowest BCUT2D eigenvalue weighted by Crippen LogP contribution is -2.38. The predicted octanol–water partition coefficient (Wildman–Crippen LogP) is 5.05. The zero-order valence-corrected chi connectivity index (χ0v) is 23.5. The molecule has 7 nitrogen and oxygen atoms in total. The van der Waals surface area contributed by atoms with E-state index in [9.17, 15) is 13.2 Å². The number of aromatic nitrogens is 1. The number of carbonyl (C=O) groups is 1. The molecule has 1 saturated heterocycles. The minimum atomic E-state index is -3.17. The minimum Gasteiger partial charge on any atom is -0.366 e. The number of sulfonamides is 1. The van der Waals surface area contributed by atoms with Gasteiger partial charge in [0.15, 0.2) is 0 Å². The molecular weight excluding hydrogens is 492 g/mol. The van der Waals surface area contributed by atoms with Gasteiger partial charge in [-0.05, 0) is 73.4 Å². The van der Waals surface area contributed by atoms with Crippen LogP contribution in [0.5, 0.6) is 0 Å². The first-order valence-electron chi connectivity index (χ1n) is 12.7. The van der Waals surface area contributed by atoms with Gasteiger partial charge < -0.3 is 16.0 Å². The molecule has 0 spiro atoms. The number of fused-ring (bicyclic) bond motifs is 1. The summed E-state index contributed by atoms with van der Waals surface area (Å²) in [6, 6.07) is 8.64. The van der Waals surface area contributed by atoms with Gasteiger partial charge in [0.1, 0.15) is 0 Å². The molecule has 4 rings (SSSR count). The molecule has 0 bridgehead atoms. The van der Waals surface area contributed by atoms with E-state index < -0.39 is 15.9 Å². The summed E-state index contributed by atoms with van der Waals surface area (Å²) >= 11 is 1.72. The third kappa shape index (κ3) is 5.54. The van der Waals surface area contributed by atoms with Crippen LogP contribution in [0, 0.1) is 5.41 Å². The number of nitrogens with two attached hydrogens (primary N) is 1. The molecular formula is C27H38N4O3S2. The van der Waals surface area contributed by atoms with Gasteiger partial charge in [-0.1, -0.05) is 20.8 Å². The van der Waals surface area contributed by atoms with Crippen molar-refractivity contribution in [1.29, 1.82) is 0 Å². The van der Waals surface area contributed by atoms with Gasteiger partial charge in [0.05, 0.1) is 16.8 Å². The number of H-pyrrole nitrogens is 1. The minimum absolute atomic E-state index is 0.128. The standard InChI is InChI=1S/C27H38N4O3S2/c1-6-36(33,34)31-11-9-18(10-12-31)23-16-30-25-21(23)13-19(14-22(25)26(28)32)24-8-7-20(35-24)15-29-17(2)27(3,4)5/h7-8,13-14,16-18,29-30H,6,9-12,15H2,1-5H3,(H2,28,32)/t17-/m0/s1. The zero-order chi connectivity index (χ0) is 26.3. The molecule has 1 fully saturated rings. The van der Waals surface area contributed by atoms with E-state index >= 15 is 0 Å². The van der Waals surface area contributed by atoms with Crippen LogP contribution < -0.4 is 11.1 Å².